The first kappa shape index (κ1) is 26.7. The van der Waals surface area contributed by atoms with Crippen molar-refractivity contribution in [2.24, 2.45) is 0 Å². The third-order valence-corrected chi connectivity index (χ3v) is 6.52. The normalized spacial score (nSPS) is 16.9. The maximum absolute atomic E-state index is 15.2. The molecule has 3 aromatic rings. The summed E-state index contributed by atoms with van der Waals surface area (Å²) in [6.07, 6.45) is -4.65. The van der Waals surface area contributed by atoms with Crippen molar-refractivity contribution < 1.29 is 37.1 Å². The number of hydrogen-bond acceptors (Lipinski definition) is 7. The Balaban J connectivity index is 0.00000107. The van der Waals surface area contributed by atoms with E-state index in [4.69, 9.17) is 14.3 Å². The summed E-state index contributed by atoms with van der Waals surface area (Å²) in [5.74, 6) is -1.73. The fourth-order valence-corrected chi connectivity index (χ4v) is 4.72. The van der Waals surface area contributed by atoms with Crippen LogP contribution in [-0.2, 0) is 32.2 Å². The Kier molecular flexibility index (Phi) is 7.96. The first-order valence-electron chi connectivity index (χ1n) is 11.8. The summed E-state index contributed by atoms with van der Waals surface area (Å²) in [4.78, 5) is 55.5. The molecule has 1 atom stereocenters. The van der Waals surface area contributed by atoms with E-state index in [9.17, 15) is 23.2 Å². The second-order valence-corrected chi connectivity index (χ2v) is 8.70. The van der Waals surface area contributed by atoms with Crippen molar-refractivity contribution in [3.63, 3.8) is 0 Å². The molecule has 2 aliphatic heterocycles. The van der Waals surface area contributed by atoms with Gasteiger partial charge in [-0.15, -0.1) is 0 Å². The lowest BCUT2D eigenvalue weighted by atomic mass is 10.1. The van der Waals surface area contributed by atoms with E-state index in [1.807, 2.05) is 27.8 Å². The largest absolute Gasteiger partial charge is 0.444 e. The highest BCUT2D eigenvalue weighted by Gasteiger charge is 2.33. The van der Waals surface area contributed by atoms with Crippen LogP contribution in [0.4, 0.5) is 29.3 Å². The van der Waals surface area contributed by atoms with Crippen molar-refractivity contribution in [1.29, 1.82) is 0 Å². The van der Waals surface area contributed by atoms with Gasteiger partial charge in [-0.25, -0.2) is 22.6 Å². The van der Waals surface area contributed by atoms with Crippen LogP contribution in [0.1, 0.15) is 12.8 Å². The molecule has 1 saturated heterocycles. The van der Waals surface area contributed by atoms with E-state index in [1.54, 1.807) is 22.9 Å². The molecular formula is C25H23F3N4O6. The predicted molar refractivity (Wildman–Crippen MR) is 128 cm³/mol. The number of amides is 1. The first-order chi connectivity index (χ1) is 18.2. The van der Waals surface area contributed by atoms with Gasteiger partial charge in [0.25, 0.3) is 12.0 Å². The molecule has 0 aliphatic carbocycles. The van der Waals surface area contributed by atoms with Crippen molar-refractivity contribution in [3.8, 4) is 0 Å². The van der Waals surface area contributed by atoms with Crippen LogP contribution in [0.3, 0.4) is 0 Å². The molecule has 38 heavy (non-hydrogen) atoms. The smallest absolute Gasteiger partial charge is 0.414 e. The topological polar surface area (TPSA) is 111 Å². The van der Waals surface area contributed by atoms with E-state index in [1.165, 1.54) is 11.0 Å². The number of rotatable bonds is 6. The number of ketones is 1. The average Bonchev–Trinajstić information content (AvgIpc) is 3.30. The summed E-state index contributed by atoms with van der Waals surface area (Å²) in [6.45, 7) is 1.86. The van der Waals surface area contributed by atoms with Crippen molar-refractivity contribution in [1.82, 2.24) is 9.36 Å². The van der Waals surface area contributed by atoms with E-state index in [-0.39, 0.29) is 30.4 Å². The van der Waals surface area contributed by atoms with Crippen LogP contribution in [0.15, 0.2) is 47.3 Å². The zero-order valence-electron chi connectivity index (χ0n) is 20.0. The third kappa shape index (κ3) is 5.32. The highest BCUT2D eigenvalue weighted by Crippen LogP contribution is 2.29. The Morgan fingerprint density at radius 2 is 1.71 bits per heavy atom. The minimum absolute atomic E-state index is 0.0192. The maximum atomic E-state index is 15.2. The van der Waals surface area contributed by atoms with Gasteiger partial charge < -0.3 is 9.64 Å². The minimum atomic E-state index is -3.05. The number of carbonyl (C=O) groups excluding carboxylic acids is 4. The molecule has 0 bridgehead atoms. The number of nitrogens with zero attached hydrogens (tertiary/aromatic N) is 4. The van der Waals surface area contributed by atoms with Gasteiger partial charge in [0.1, 0.15) is 11.9 Å². The summed E-state index contributed by atoms with van der Waals surface area (Å²) in [5, 5.41) is 0.658. The number of para-hydroxylation sites is 1. The van der Waals surface area contributed by atoms with Crippen molar-refractivity contribution in [2.45, 2.75) is 38.5 Å². The zero-order valence-corrected chi connectivity index (χ0v) is 20.0. The summed E-state index contributed by atoms with van der Waals surface area (Å²) < 4.78 is 48.7. The maximum Gasteiger partial charge on any atom is 0.414 e. The van der Waals surface area contributed by atoms with Crippen LogP contribution < -0.4 is 15.4 Å². The molecular weight excluding hydrogens is 509 g/mol. The van der Waals surface area contributed by atoms with Crippen LogP contribution in [0.25, 0.3) is 10.9 Å². The lowest BCUT2D eigenvalue weighted by Gasteiger charge is -2.24. The van der Waals surface area contributed by atoms with E-state index < -0.39 is 36.6 Å². The molecule has 0 radical (unpaired) electrons. The average molecular weight is 532 g/mol. The third-order valence-electron chi connectivity index (χ3n) is 6.52. The summed E-state index contributed by atoms with van der Waals surface area (Å²) >= 11 is 0. The monoisotopic (exact) mass is 532 g/mol. The van der Waals surface area contributed by atoms with Gasteiger partial charge in [-0.3, -0.25) is 19.2 Å². The molecule has 0 N–H and O–H groups in total. The molecule has 1 aromatic heterocycles. The highest BCUT2D eigenvalue weighted by atomic mass is 19.3. The van der Waals surface area contributed by atoms with Crippen LogP contribution in [0, 0.1) is 5.82 Å². The second-order valence-electron chi connectivity index (χ2n) is 8.70. The Morgan fingerprint density at radius 3 is 2.39 bits per heavy atom. The van der Waals surface area contributed by atoms with Crippen LogP contribution >= 0.6 is 0 Å². The van der Waals surface area contributed by atoms with Gasteiger partial charge in [-0.2, -0.15) is 9.59 Å². The number of carbonyl (C=O) groups is 2. The molecule has 2 aromatic carbocycles. The Labute approximate surface area is 213 Å². The number of cyclic esters (lactones) is 1. The fraction of sp³-hybridized carbons (Fsp3) is 0.360. The van der Waals surface area contributed by atoms with Gasteiger partial charge in [0.2, 0.25) is 0 Å². The first-order valence-corrected chi connectivity index (χ1v) is 11.8. The number of anilines is 2. The highest BCUT2D eigenvalue weighted by molar-refractivity contribution is 5.90. The fourth-order valence-electron chi connectivity index (χ4n) is 4.72. The van der Waals surface area contributed by atoms with Gasteiger partial charge >= 0.3 is 12.2 Å². The molecule has 0 unspecified atom stereocenters. The molecule has 13 heteroatoms. The Hall–Kier alpha value is -4.38. The van der Waals surface area contributed by atoms with Crippen molar-refractivity contribution in [2.75, 3.05) is 29.4 Å². The van der Waals surface area contributed by atoms with E-state index in [2.05, 4.69) is 0 Å². The molecule has 5 rings (SSSR count). The summed E-state index contributed by atoms with van der Waals surface area (Å²) in [7, 11) is 0. The number of aromatic nitrogens is 2. The van der Waals surface area contributed by atoms with Crippen LogP contribution in [0.5, 0.6) is 0 Å². The Bertz CT molecular complexity index is 1450. The van der Waals surface area contributed by atoms with Gasteiger partial charge in [-0.1, -0.05) is 12.1 Å². The number of alkyl halides is 2. The van der Waals surface area contributed by atoms with Gasteiger partial charge in [0.05, 0.1) is 41.9 Å². The second kappa shape index (κ2) is 11.3. The molecule has 200 valence electrons. The van der Waals surface area contributed by atoms with E-state index >= 15 is 4.39 Å². The molecule has 3 heterocycles. The summed E-state index contributed by atoms with van der Waals surface area (Å²) in [5.41, 5.74) is 1.40. The number of fused-ring (bicyclic) bond motifs is 3. The number of halogens is 3. The lowest BCUT2D eigenvalue weighted by molar-refractivity contribution is -0.191. The molecule has 0 saturated carbocycles. The van der Waals surface area contributed by atoms with E-state index in [0.717, 1.165) is 5.52 Å². The molecule has 2 aliphatic rings. The Morgan fingerprint density at radius 1 is 1.03 bits per heavy atom. The standard InChI is InChI=1S/C24H23F3N4O4.CO2/c25-18-13-15(29-14-16(35-24(29)34)6-8-21(32)22(26)27)5-7-20(18)28-9-11-30-19-4-2-1-3-17(19)23(33)31(30)12-10-28;2-1-3/h1-5,7,13,16,22H,6,8-12,14H2;/t16-;/m0./s1. The molecule has 1 amide bonds. The molecule has 10 nitrogen and oxygen atoms in total. The predicted octanol–water partition coefficient (Wildman–Crippen LogP) is 2.82. The van der Waals surface area contributed by atoms with Gasteiger partial charge in [-0.05, 0) is 36.8 Å². The van der Waals surface area contributed by atoms with Gasteiger partial charge in [0.15, 0.2) is 5.78 Å². The number of ether oxygens (including phenoxy) is 1. The summed E-state index contributed by atoms with van der Waals surface area (Å²) in [6, 6.07) is 11.8. The zero-order chi connectivity index (χ0) is 27.4. The SMILES string of the molecule is O=C(CC[C@H]1CN(c2ccc(N3CCn4c(=O)c5ccccc5n4CC3)c(F)c2)C(=O)O1)C(F)F.O=C=O. The van der Waals surface area contributed by atoms with Gasteiger partial charge in [0, 0.05) is 19.5 Å². The van der Waals surface area contributed by atoms with Crippen LogP contribution in [-0.4, -0.2) is 59.6 Å². The van der Waals surface area contributed by atoms with E-state index in [0.29, 0.717) is 37.3 Å². The minimum Gasteiger partial charge on any atom is -0.444 e. The van der Waals surface area contributed by atoms with Crippen molar-refractivity contribution in [3.05, 3.63) is 58.6 Å². The van der Waals surface area contributed by atoms with Crippen LogP contribution in [0.2, 0.25) is 0 Å². The number of hydrogen-bond donors (Lipinski definition) is 0. The number of Topliss-reactive ketones (excluding diaryl/α,β-unsaturated/α-hetero) is 1. The quantitative estimate of drug-likeness (QED) is 0.480. The lowest BCUT2D eigenvalue weighted by Crippen LogP contribution is -2.29. The number of benzene rings is 2. The molecule has 1 fully saturated rings. The van der Waals surface area contributed by atoms with Crippen molar-refractivity contribution >= 4 is 40.3 Å². The molecule has 0 spiro atoms.